The summed E-state index contributed by atoms with van der Waals surface area (Å²) in [6.07, 6.45) is -2.58. The maximum Gasteiger partial charge on any atom is 0.417 e. The minimum atomic E-state index is -4.64. The summed E-state index contributed by atoms with van der Waals surface area (Å²) in [7, 11) is 1.27. The lowest BCUT2D eigenvalue weighted by Gasteiger charge is -2.37. The Hall–Kier alpha value is -2.23. The first-order valence-corrected chi connectivity index (χ1v) is 6.44. The van der Waals surface area contributed by atoms with E-state index in [1.54, 1.807) is 0 Å². The third-order valence-corrected chi connectivity index (χ3v) is 3.60. The molecule has 0 radical (unpaired) electrons. The van der Waals surface area contributed by atoms with Crippen LogP contribution in [0.1, 0.15) is 35.2 Å². The van der Waals surface area contributed by atoms with E-state index in [1.165, 1.54) is 13.1 Å². The van der Waals surface area contributed by atoms with Crippen LogP contribution in [0, 0.1) is 11.3 Å². The Kier molecular flexibility index (Phi) is 3.81. The molecule has 0 aliphatic heterocycles. The van der Waals surface area contributed by atoms with Crippen LogP contribution >= 0.6 is 0 Å². The maximum atomic E-state index is 13.1. The van der Waals surface area contributed by atoms with E-state index in [-0.39, 0.29) is 5.69 Å². The Morgan fingerprint density at radius 1 is 1.38 bits per heavy atom. The van der Waals surface area contributed by atoms with Crippen LogP contribution in [-0.4, -0.2) is 18.5 Å². The lowest BCUT2D eigenvalue weighted by atomic mass is 9.78. The molecule has 4 nitrogen and oxygen atoms in total. The van der Waals surface area contributed by atoms with Crippen LogP contribution in [0.3, 0.4) is 0 Å². The van der Waals surface area contributed by atoms with Gasteiger partial charge in [-0.05, 0) is 37.5 Å². The summed E-state index contributed by atoms with van der Waals surface area (Å²) in [6, 6.07) is 5.48. The molecule has 1 aromatic carbocycles. The van der Waals surface area contributed by atoms with Crippen LogP contribution in [0.25, 0.3) is 0 Å². The summed E-state index contributed by atoms with van der Waals surface area (Å²) >= 11 is 0. The fourth-order valence-corrected chi connectivity index (χ4v) is 2.26. The normalized spacial score (nSPS) is 16.5. The first-order chi connectivity index (χ1) is 9.81. The Morgan fingerprint density at radius 3 is 2.48 bits per heavy atom. The van der Waals surface area contributed by atoms with Gasteiger partial charge in [-0.3, -0.25) is 4.79 Å². The Bertz CT molecular complexity index is 600. The van der Waals surface area contributed by atoms with Crippen LogP contribution in [-0.2, 0) is 6.18 Å². The molecular weight excluding hydrogens is 283 g/mol. The van der Waals surface area contributed by atoms with E-state index in [1.807, 2.05) is 0 Å². The summed E-state index contributed by atoms with van der Waals surface area (Å²) in [6.45, 7) is 0. The maximum absolute atomic E-state index is 13.1. The quantitative estimate of drug-likeness (QED) is 0.901. The number of benzene rings is 1. The minimum absolute atomic E-state index is 0.191. The van der Waals surface area contributed by atoms with Crippen molar-refractivity contribution >= 4 is 11.6 Å². The van der Waals surface area contributed by atoms with Gasteiger partial charge in [-0.1, -0.05) is 0 Å². The fourth-order valence-electron chi connectivity index (χ4n) is 2.26. The zero-order valence-electron chi connectivity index (χ0n) is 11.3. The number of amides is 1. The molecule has 0 saturated heterocycles. The van der Waals surface area contributed by atoms with Crippen molar-refractivity contribution in [1.82, 2.24) is 5.32 Å². The number of nitrogens with zero attached hydrogens (tertiary/aromatic N) is 1. The molecule has 1 aliphatic carbocycles. The van der Waals surface area contributed by atoms with Gasteiger partial charge in [0.15, 0.2) is 0 Å². The number of rotatable bonds is 3. The van der Waals surface area contributed by atoms with Crippen molar-refractivity contribution in [2.24, 2.45) is 0 Å². The second-order valence-corrected chi connectivity index (χ2v) is 5.01. The van der Waals surface area contributed by atoms with Crippen LogP contribution in [0.5, 0.6) is 0 Å². The zero-order valence-corrected chi connectivity index (χ0v) is 11.3. The minimum Gasteiger partial charge on any atom is -0.367 e. The van der Waals surface area contributed by atoms with Crippen molar-refractivity contribution in [2.45, 2.75) is 31.0 Å². The number of halogens is 3. The van der Waals surface area contributed by atoms with E-state index in [0.717, 1.165) is 18.6 Å². The van der Waals surface area contributed by atoms with E-state index in [9.17, 15) is 18.0 Å². The number of carbonyl (C=O) groups is 1. The third kappa shape index (κ3) is 2.94. The molecule has 112 valence electrons. The Balaban J connectivity index is 2.38. The molecule has 1 amide bonds. The first kappa shape index (κ1) is 15.2. The highest BCUT2D eigenvalue weighted by atomic mass is 19.4. The second kappa shape index (κ2) is 5.28. The third-order valence-electron chi connectivity index (χ3n) is 3.60. The fraction of sp³-hybridized carbons (Fsp3) is 0.429. The molecule has 0 heterocycles. The van der Waals surface area contributed by atoms with Gasteiger partial charge in [0.1, 0.15) is 5.54 Å². The van der Waals surface area contributed by atoms with Gasteiger partial charge in [-0.2, -0.15) is 18.4 Å². The number of nitrogens with one attached hydrogen (secondary N) is 2. The van der Waals surface area contributed by atoms with Crippen molar-refractivity contribution in [1.29, 1.82) is 5.26 Å². The van der Waals surface area contributed by atoms with E-state index >= 15 is 0 Å². The number of anilines is 1. The lowest BCUT2D eigenvalue weighted by molar-refractivity contribution is -0.137. The van der Waals surface area contributed by atoms with Gasteiger partial charge in [0.2, 0.25) is 0 Å². The monoisotopic (exact) mass is 297 g/mol. The highest BCUT2D eigenvalue weighted by Crippen LogP contribution is 2.38. The largest absolute Gasteiger partial charge is 0.417 e. The first-order valence-electron chi connectivity index (χ1n) is 6.44. The smallest absolute Gasteiger partial charge is 0.367 e. The van der Waals surface area contributed by atoms with Gasteiger partial charge in [0, 0.05) is 12.7 Å². The van der Waals surface area contributed by atoms with Crippen LogP contribution in [0.2, 0.25) is 0 Å². The van der Waals surface area contributed by atoms with Crippen molar-refractivity contribution < 1.29 is 18.0 Å². The van der Waals surface area contributed by atoms with Gasteiger partial charge >= 0.3 is 6.18 Å². The summed E-state index contributed by atoms with van der Waals surface area (Å²) in [4.78, 5) is 11.5. The van der Waals surface area contributed by atoms with Gasteiger partial charge in [-0.15, -0.1) is 0 Å². The van der Waals surface area contributed by atoms with Crippen molar-refractivity contribution in [3.8, 4) is 6.07 Å². The number of hydrogen-bond donors (Lipinski definition) is 2. The van der Waals surface area contributed by atoms with Crippen LogP contribution in [0.15, 0.2) is 18.2 Å². The molecule has 7 heteroatoms. The highest BCUT2D eigenvalue weighted by Gasteiger charge is 2.39. The molecule has 2 N–H and O–H groups in total. The highest BCUT2D eigenvalue weighted by molar-refractivity contribution is 5.96. The van der Waals surface area contributed by atoms with Gasteiger partial charge in [0.05, 0.1) is 17.2 Å². The Labute approximate surface area is 119 Å². The molecule has 21 heavy (non-hydrogen) atoms. The van der Waals surface area contributed by atoms with E-state index < -0.39 is 28.7 Å². The molecule has 0 spiro atoms. The van der Waals surface area contributed by atoms with Gasteiger partial charge in [-0.25, -0.2) is 0 Å². The van der Waals surface area contributed by atoms with Crippen molar-refractivity contribution in [3.05, 3.63) is 29.3 Å². The van der Waals surface area contributed by atoms with Gasteiger partial charge < -0.3 is 10.6 Å². The Morgan fingerprint density at radius 2 is 2.05 bits per heavy atom. The second-order valence-electron chi connectivity index (χ2n) is 5.01. The predicted octanol–water partition coefficient (Wildman–Crippen LogP) is 2.92. The van der Waals surface area contributed by atoms with Gasteiger partial charge in [0.25, 0.3) is 5.91 Å². The number of nitriles is 1. The molecule has 1 saturated carbocycles. The lowest BCUT2D eigenvalue weighted by Crippen LogP contribution is -2.43. The molecule has 0 aromatic heterocycles. The topological polar surface area (TPSA) is 64.9 Å². The number of hydrogen-bond acceptors (Lipinski definition) is 3. The van der Waals surface area contributed by atoms with Crippen molar-refractivity contribution in [3.63, 3.8) is 0 Å². The summed E-state index contributed by atoms with van der Waals surface area (Å²) in [5.41, 5.74) is -2.05. The number of alkyl halides is 3. The molecule has 0 unspecified atom stereocenters. The average molecular weight is 297 g/mol. The molecule has 1 aliphatic rings. The molecule has 0 bridgehead atoms. The molecule has 2 rings (SSSR count). The summed E-state index contributed by atoms with van der Waals surface area (Å²) in [5, 5.41) is 14.1. The van der Waals surface area contributed by atoms with Crippen LogP contribution < -0.4 is 10.6 Å². The van der Waals surface area contributed by atoms with Crippen molar-refractivity contribution in [2.75, 3.05) is 12.4 Å². The SMILES string of the molecule is CNC(=O)c1ccc(NC2(C#N)CCC2)cc1C(F)(F)F. The van der Waals surface area contributed by atoms with Crippen LogP contribution in [0.4, 0.5) is 18.9 Å². The number of carbonyl (C=O) groups excluding carboxylic acids is 1. The summed E-state index contributed by atoms with van der Waals surface area (Å²) < 4.78 is 39.2. The standard InChI is InChI=1S/C14H14F3N3O/c1-19-12(21)10-4-3-9(7-11(10)14(15,16)17)20-13(8-18)5-2-6-13/h3-4,7,20H,2,5-6H2,1H3,(H,19,21). The average Bonchev–Trinajstić information content (AvgIpc) is 2.41. The van der Waals surface area contributed by atoms with E-state index in [0.29, 0.717) is 12.8 Å². The predicted molar refractivity (Wildman–Crippen MR) is 70.7 cm³/mol. The van der Waals surface area contributed by atoms with E-state index in [2.05, 4.69) is 16.7 Å². The van der Waals surface area contributed by atoms with E-state index in [4.69, 9.17) is 5.26 Å². The molecular formula is C14H14F3N3O. The zero-order chi connectivity index (χ0) is 15.7. The molecule has 0 atom stereocenters. The molecule has 1 fully saturated rings. The summed E-state index contributed by atoms with van der Waals surface area (Å²) in [5.74, 6) is -0.799. The molecule has 1 aromatic rings.